The first-order chi connectivity index (χ1) is 18.4. The molecule has 0 atom stereocenters. The number of anilines is 1. The summed E-state index contributed by atoms with van der Waals surface area (Å²) in [6, 6.07) is 12.1. The lowest BCUT2D eigenvalue weighted by molar-refractivity contribution is 0.0391. The fraction of sp³-hybridized carbons (Fsp3) is 0.333. The molecule has 1 aromatic heterocycles. The lowest BCUT2D eigenvalue weighted by atomic mass is 10.2. The molecular formula is C27H32N4O4S3. The van der Waals surface area contributed by atoms with Crippen LogP contribution in [0, 0.1) is 0 Å². The molecule has 0 radical (unpaired) electrons. The second-order valence-electron chi connectivity index (χ2n) is 8.64. The average Bonchev–Trinajstić information content (AvgIpc) is 3.38. The van der Waals surface area contributed by atoms with Gasteiger partial charge in [0.25, 0.3) is 5.91 Å². The highest BCUT2D eigenvalue weighted by Crippen LogP contribution is 2.34. The number of hydrogen-bond donors (Lipinski definition) is 0. The number of para-hydroxylation sites is 1. The van der Waals surface area contributed by atoms with Crippen LogP contribution in [-0.4, -0.2) is 87.3 Å². The highest BCUT2D eigenvalue weighted by Gasteiger charge is 2.26. The van der Waals surface area contributed by atoms with Crippen molar-refractivity contribution in [3.63, 3.8) is 0 Å². The number of thiazole rings is 1. The van der Waals surface area contributed by atoms with Gasteiger partial charge in [-0.25, -0.2) is 13.4 Å². The summed E-state index contributed by atoms with van der Waals surface area (Å²) in [5.74, 6) is -0.221. The standard InChI is InChI=1S/C27H32N4O4S3/c1-4-13-30(14-5-2)38(33,34)22-11-9-21(10-12-22)26(32)31(16-15-29-17-19-35-20-18-29)27-28-25-23(36-3)7-6-8-24(25)37-27/h4-12H,1-2,13-20H2,3H3. The number of thioether (sulfide) groups is 1. The topological polar surface area (TPSA) is 83.1 Å². The van der Waals surface area contributed by atoms with Crippen LogP contribution in [0.3, 0.4) is 0 Å². The van der Waals surface area contributed by atoms with Crippen molar-refractivity contribution in [2.75, 3.05) is 63.6 Å². The number of carbonyl (C=O) groups excluding carboxylic acids is 1. The van der Waals surface area contributed by atoms with Gasteiger partial charge in [0, 0.05) is 49.7 Å². The molecule has 1 aliphatic heterocycles. The van der Waals surface area contributed by atoms with Gasteiger partial charge in [-0.2, -0.15) is 4.31 Å². The van der Waals surface area contributed by atoms with E-state index in [1.54, 1.807) is 28.8 Å². The van der Waals surface area contributed by atoms with Gasteiger partial charge in [0.1, 0.15) is 0 Å². The zero-order valence-electron chi connectivity index (χ0n) is 21.4. The number of fused-ring (bicyclic) bond motifs is 1. The maximum atomic E-state index is 13.8. The number of sulfonamides is 1. The SMILES string of the molecule is C=CCN(CC=C)S(=O)(=O)c1ccc(C(=O)N(CCN2CCOCC2)c2nc3c(SC)cccc3s2)cc1. The summed E-state index contributed by atoms with van der Waals surface area (Å²) >= 11 is 3.11. The zero-order valence-corrected chi connectivity index (χ0v) is 23.9. The molecule has 8 nitrogen and oxygen atoms in total. The van der Waals surface area contributed by atoms with E-state index in [0.29, 0.717) is 37.0 Å². The Morgan fingerprint density at radius 3 is 2.45 bits per heavy atom. The number of hydrogen-bond acceptors (Lipinski definition) is 8. The summed E-state index contributed by atoms with van der Waals surface area (Å²) in [4.78, 5) is 23.8. The Hall–Kier alpha value is -2.54. The average molecular weight is 573 g/mol. The molecule has 0 spiro atoms. The molecular weight excluding hydrogens is 541 g/mol. The van der Waals surface area contributed by atoms with Crippen LogP contribution >= 0.6 is 23.1 Å². The van der Waals surface area contributed by atoms with Crippen LogP contribution in [0.1, 0.15) is 10.4 Å². The summed E-state index contributed by atoms with van der Waals surface area (Å²) in [5, 5.41) is 0.625. The number of rotatable bonds is 12. The number of ether oxygens (including phenoxy) is 1. The van der Waals surface area contributed by atoms with E-state index in [4.69, 9.17) is 9.72 Å². The van der Waals surface area contributed by atoms with E-state index >= 15 is 0 Å². The Balaban J connectivity index is 1.63. The number of morpholine rings is 1. The Morgan fingerprint density at radius 2 is 1.82 bits per heavy atom. The van der Waals surface area contributed by atoms with Gasteiger partial charge in [-0.3, -0.25) is 14.6 Å². The number of aromatic nitrogens is 1. The predicted molar refractivity (Wildman–Crippen MR) is 156 cm³/mol. The van der Waals surface area contributed by atoms with Crippen molar-refractivity contribution in [1.29, 1.82) is 0 Å². The van der Waals surface area contributed by atoms with Crippen molar-refractivity contribution in [2.45, 2.75) is 9.79 Å². The minimum atomic E-state index is -3.76. The fourth-order valence-corrected chi connectivity index (χ4v) is 7.20. The van der Waals surface area contributed by atoms with E-state index in [1.165, 1.54) is 39.9 Å². The number of benzene rings is 2. The van der Waals surface area contributed by atoms with E-state index < -0.39 is 10.0 Å². The van der Waals surface area contributed by atoms with E-state index in [2.05, 4.69) is 18.1 Å². The summed E-state index contributed by atoms with van der Waals surface area (Å²) in [6.45, 7) is 11.8. The van der Waals surface area contributed by atoms with Crippen LogP contribution in [-0.2, 0) is 14.8 Å². The summed E-state index contributed by atoms with van der Waals surface area (Å²) in [6.07, 6.45) is 5.08. The molecule has 4 rings (SSSR count). The summed E-state index contributed by atoms with van der Waals surface area (Å²) in [5.41, 5.74) is 1.28. The lowest BCUT2D eigenvalue weighted by Gasteiger charge is -2.29. The van der Waals surface area contributed by atoms with E-state index in [0.717, 1.165) is 28.2 Å². The Morgan fingerprint density at radius 1 is 1.13 bits per heavy atom. The molecule has 2 aromatic carbocycles. The third-order valence-corrected chi connectivity index (χ3v) is 9.87. The van der Waals surface area contributed by atoms with E-state index in [-0.39, 0.29) is 23.9 Å². The number of amides is 1. The first-order valence-electron chi connectivity index (χ1n) is 12.3. The van der Waals surface area contributed by atoms with Crippen molar-refractivity contribution in [1.82, 2.24) is 14.2 Å². The molecule has 0 aliphatic carbocycles. The van der Waals surface area contributed by atoms with Gasteiger partial charge in [-0.1, -0.05) is 29.6 Å². The van der Waals surface area contributed by atoms with Crippen molar-refractivity contribution in [3.8, 4) is 0 Å². The van der Waals surface area contributed by atoms with Crippen molar-refractivity contribution < 1.29 is 17.9 Å². The Bertz CT molecular complexity index is 1370. The van der Waals surface area contributed by atoms with Crippen LogP contribution in [0.2, 0.25) is 0 Å². The lowest BCUT2D eigenvalue weighted by Crippen LogP contribution is -2.43. The molecule has 0 saturated carbocycles. The minimum absolute atomic E-state index is 0.113. The van der Waals surface area contributed by atoms with Gasteiger partial charge < -0.3 is 4.74 Å². The van der Waals surface area contributed by atoms with Crippen molar-refractivity contribution in [3.05, 3.63) is 73.3 Å². The highest BCUT2D eigenvalue weighted by molar-refractivity contribution is 7.98. The molecule has 0 unspecified atom stereocenters. The van der Waals surface area contributed by atoms with Crippen LogP contribution in [0.15, 0.2) is 77.6 Å². The Kier molecular flexibility index (Phi) is 9.74. The maximum absolute atomic E-state index is 13.8. The molecule has 202 valence electrons. The van der Waals surface area contributed by atoms with Gasteiger partial charge in [0.15, 0.2) is 5.13 Å². The summed E-state index contributed by atoms with van der Waals surface area (Å²) < 4.78 is 33.9. The van der Waals surface area contributed by atoms with Crippen LogP contribution in [0.4, 0.5) is 5.13 Å². The van der Waals surface area contributed by atoms with Crippen LogP contribution in [0.25, 0.3) is 10.2 Å². The molecule has 1 amide bonds. The molecule has 2 heterocycles. The van der Waals surface area contributed by atoms with Gasteiger partial charge in [-0.05, 0) is 42.7 Å². The van der Waals surface area contributed by atoms with Gasteiger partial charge in [0.05, 0.1) is 28.3 Å². The predicted octanol–water partition coefficient (Wildman–Crippen LogP) is 4.36. The van der Waals surface area contributed by atoms with E-state index in [1.807, 2.05) is 24.5 Å². The molecule has 3 aromatic rings. The maximum Gasteiger partial charge on any atom is 0.260 e. The molecule has 0 N–H and O–H groups in total. The molecule has 1 aliphatic rings. The van der Waals surface area contributed by atoms with Gasteiger partial charge >= 0.3 is 0 Å². The number of carbonyl (C=O) groups is 1. The largest absolute Gasteiger partial charge is 0.379 e. The van der Waals surface area contributed by atoms with Gasteiger partial charge in [0.2, 0.25) is 10.0 Å². The molecule has 38 heavy (non-hydrogen) atoms. The first kappa shape index (κ1) is 28.5. The highest BCUT2D eigenvalue weighted by atomic mass is 32.2. The smallest absolute Gasteiger partial charge is 0.260 e. The molecule has 0 bridgehead atoms. The zero-order chi connectivity index (χ0) is 27.1. The number of nitrogens with zero attached hydrogens (tertiary/aromatic N) is 4. The normalized spacial score (nSPS) is 14.6. The fourth-order valence-electron chi connectivity index (χ4n) is 4.18. The summed E-state index contributed by atoms with van der Waals surface area (Å²) in [7, 11) is -3.76. The van der Waals surface area contributed by atoms with E-state index in [9.17, 15) is 13.2 Å². The van der Waals surface area contributed by atoms with Gasteiger partial charge in [-0.15, -0.1) is 24.9 Å². The second kappa shape index (κ2) is 13.0. The molecule has 1 fully saturated rings. The third kappa shape index (κ3) is 6.36. The monoisotopic (exact) mass is 572 g/mol. The van der Waals surface area contributed by atoms with Crippen molar-refractivity contribution in [2.24, 2.45) is 0 Å². The Labute approximate surface area is 232 Å². The van der Waals surface area contributed by atoms with Crippen LogP contribution < -0.4 is 4.90 Å². The molecule has 1 saturated heterocycles. The third-order valence-electron chi connectivity index (χ3n) is 6.21. The van der Waals surface area contributed by atoms with Crippen molar-refractivity contribution >= 4 is 54.4 Å². The second-order valence-corrected chi connectivity index (χ2v) is 12.4. The van der Waals surface area contributed by atoms with Crippen LogP contribution in [0.5, 0.6) is 0 Å². The minimum Gasteiger partial charge on any atom is -0.379 e. The quantitative estimate of drug-likeness (QED) is 0.236. The molecule has 11 heteroatoms. The first-order valence-corrected chi connectivity index (χ1v) is 15.7.